The van der Waals surface area contributed by atoms with Crippen molar-refractivity contribution in [2.75, 3.05) is 42.2 Å². The molecule has 0 radical (unpaired) electrons. The third-order valence-electron chi connectivity index (χ3n) is 4.31. The van der Waals surface area contributed by atoms with E-state index in [-0.39, 0.29) is 41.6 Å². The molecule has 0 bridgehead atoms. The predicted octanol–water partition coefficient (Wildman–Crippen LogP) is 1.17. The van der Waals surface area contributed by atoms with E-state index in [1.807, 2.05) is 18.7 Å². The number of anilines is 3. The Bertz CT molecular complexity index is 627. The highest BCUT2D eigenvalue weighted by Crippen LogP contribution is 2.33. The Hall–Kier alpha value is -2.20. The maximum absolute atomic E-state index is 11.5. The highest BCUT2D eigenvalue weighted by molar-refractivity contribution is 5.71. The van der Waals surface area contributed by atoms with Crippen molar-refractivity contribution in [3.8, 4) is 0 Å². The van der Waals surface area contributed by atoms with Crippen LogP contribution in [0.4, 0.5) is 23.3 Å². The minimum absolute atomic E-state index is 0.0529. The van der Waals surface area contributed by atoms with Crippen molar-refractivity contribution in [2.45, 2.75) is 45.0 Å². The lowest BCUT2D eigenvalue weighted by molar-refractivity contribution is -0.383. The van der Waals surface area contributed by atoms with Gasteiger partial charge in [0.25, 0.3) is 0 Å². The molecule has 10 nitrogen and oxygen atoms in total. The molecule has 0 aromatic carbocycles. The number of nitrogens with one attached hydrogen (secondary N) is 1. The van der Waals surface area contributed by atoms with Crippen LogP contribution in [-0.2, 0) is 9.47 Å². The zero-order valence-electron chi connectivity index (χ0n) is 14.5. The van der Waals surface area contributed by atoms with Gasteiger partial charge in [0.2, 0.25) is 17.6 Å². The molecule has 1 aromatic heterocycles. The standard InChI is InChI=1S/C15H24N6O4/c1-9-7-20(8-10(2)25-9)14-12(21(22)23)13(16)18-15(19-14)17-6-11-4-3-5-24-11/h9-11H,3-8H2,1-2H3,(H3,16,17,18,19)/t9-,10+,11-/m0/s1. The van der Waals surface area contributed by atoms with Gasteiger partial charge in [-0.3, -0.25) is 10.1 Å². The smallest absolute Gasteiger partial charge is 0.353 e. The van der Waals surface area contributed by atoms with Crippen LogP contribution in [0.3, 0.4) is 0 Å². The Kier molecular flexibility index (Phi) is 5.19. The van der Waals surface area contributed by atoms with Crippen LogP contribution in [0, 0.1) is 10.1 Å². The van der Waals surface area contributed by atoms with Crippen LogP contribution in [0.1, 0.15) is 26.7 Å². The van der Waals surface area contributed by atoms with E-state index >= 15 is 0 Å². The zero-order chi connectivity index (χ0) is 18.0. The molecule has 3 N–H and O–H groups in total. The van der Waals surface area contributed by atoms with Crippen LogP contribution >= 0.6 is 0 Å². The minimum atomic E-state index is -0.528. The lowest BCUT2D eigenvalue weighted by Crippen LogP contribution is -2.46. The van der Waals surface area contributed by atoms with Crippen molar-refractivity contribution in [3.05, 3.63) is 10.1 Å². The molecule has 2 aliphatic rings. The molecule has 1 aromatic rings. The van der Waals surface area contributed by atoms with Crippen LogP contribution in [0.25, 0.3) is 0 Å². The molecule has 3 atom stereocenters. The summed E-state index contributed by atoms with van der Waals surface area (Å²) in [4.78, 5) is 21.2. The van der Waals surface area contributed by atoms with E-state index in [9.17, 15) is 10.1 Å². The fourth-order valence-electron chi connectivity index (χ4n) is 3.30. The summed E-state index contributed by atoms with van der Waals surface area (Å²) in [5.41, 5.74) is 5.60. The van der Waals surface area contributed by atoms with Gasteiger partial charge in [0.15, 0.2) is 0 Å². The van der Waals surface area contributed by atoms with Gasteiger partial charge in [-0.15, -0.1) is 0 Å². The number of aromatic nitrogens is 2. The average Bonchev–Trinajstić information content (AvgIpc) is 3.04. The summed E-state index contributed by atoms with van der Waals surface area (Å²) in [5.74, 6) is 0.367. The Morgan fingerprint density at radius 1 is 1.36 bits per heavy atom. The van der Waals surface area contributed by atoms with Crippen molar-refractivity contribution in [2.24, 2.45) is 0 Å². The van der Waals surface area contributed by atoms with Gasteiger partial charge in [0, 0.05) is 26.2 Å². The van der Waals surface area contributed by atoms with Crippen molar-refractivity contribution >= 4 is 23.3 Å². The summed E-state index contributed by atoms with van der Waals surface area (Å²) in [6.07, 6.45) is 2.00. The number of hydrogen-bond donors (Lipinski definition) is 2. The molecule has 0 unspecified atom stereocenters. The molecular formula is C15H24N6O4. The van der Waals surface area contributed by atoms with E-state index in [2.05, 4.69) is 15.3 Å². The van der Waals surface area contributed by atoms with Crippen molar-refractivity contribution in [1.82, 2.24) is 9.97 Å². The lowest BCUT2D eigenvalue weighted by Gasteiger charge is -2.35. The molecule has 25 heavy (non-hydrogen) atoms. The van der Waals surface area contributed by atoms with Gasteiger partial charge in [-0.2, -0.15) is 9.97 Å². The normalized spacial score (nSPS) is 26.6. The molecule has 2 fully saturated rings. The number of ether oxygens (including phenoxy) is 2. The molecule has 3 rings (SSSR count). The Balaban J connectivity index is 1.86. The number of hydrogen-bond acceptors (Lipinski definition) is 9. The maximum Gasteiger partial charge on any atom is 0.353 e. The molecule has 2 saturated heterocycles. The minimum Gasteiger partial charge on any atom is -0.378 e. The number of nitrogens with two attached hydrogens (primary N) is 1. The summed E-state index contributed by atoms with van der Waals surface area (Å²) in [6, 6.07) is 0. The van der Waals surface area contributed by atoms with Gasteiger partial charge in [0.05, 0.1) is 23.2 Å². The topological polar surface area (TPSA) is 129 Å². The van der Waals surface area contributed by atoms with Crippen molar-refractivity contribution in [1.29, 1.82) is 0 Å². The van der Waals surface area contributed by atoms with Crippen molar-refractivity contribution < 1.29 is 14.4 Å². The summed E-state index contributed by atoms with van der Waals surface area (Å²) >= 11 is 0. The number of rotatable bonds is 5. The first-order valence-electron chi connectivity index (χ1n) is 8.51. The maximum atomic E-state index is 11.5. The Labute approximate surface area is 145 Å². The summed E-state index contributed by atoms with van der Waals surface area (Å²) in [7, 11) is 0. The fraction of sp³-hybridized carbons (Fsp3) is 0.733. The molecule has 0 amide bonds. The van der Waals surface area contributed by atoms with Crippen LogP contribution < -0.4 is 16.0 Å². The Morgan fingerprint density at radius 2 is 2.08 bits per heavy atom. The van der Waals surface area contributed by atoms with Crippen LogP contribution in [0.15, 0.2) is 0 Å². The largest absolute Gasteiger partial charge is 0.378 e. The zero-order valence-corrected chi connectivity index (χ0v) is 14.5. The second-order valence-corrected chi connectivity index (χ2v) is 6.54. The summed E-state index contributed by atoms with van der Waals surface area (Å²) in [5, 5.41) is 14.6. The predicted molar refractivity (Wildman–Crippen MR) is 92.8 cm³/mol. The molecule has 0 saturated carbocycles. The van der Waals surface area contributed by atoms with Gasteiger partial charge in [-0.25, -0.2) is 0 Å². The van der Waals surface area contributed by atoms with Crippen LogP contribution in [0.2, 0.25) is 0 Å². The first-order chi connectivity index (χ1) is 11.9. The van der Waals surface area contributed by atoms with E-state index in [1.54, 1.807) is 0 Å². The van der Waals surface area contributed by atoms with E-state index in [1.165, 1.54) is 0 Å². The molecule has 138 valence electrons. The molecule has 0 spiro atoms. The van der Waals surface area contributed by atoms with Gasteiger partial charge in [-0.1, -0.05) is 0 Å². The first-order valence-corrected chi connectivity index (χ1v) is 8.51. The molecular weight excluding hydrogens is 328 g/mol. The quantitative estimate of drug-likeness (QED) is 0.592. The number of nitro groups is 1. The van der Waals surface area contributed by atoms with Crippen LogP contribution in [0.5, 0.6) is 0 Å². The number of nitrogens with zero attached hydrogens (tertiary/aromatic N) is 4. The van der Waals surface area contributed by atoms with E-state index in [0.717, 1.165) is 19.4 Å². The number of morpholine rings is 1. The highest BCUT2D eigenvalue weighted by atomic mass is 16.6. The monoisotopic (exact) mass is 352 g/mol. The SMILES string of the molecule is C[C@@H]1CN(c2nc(NC[C@@H]3CCCO3)nc(N)c2[N+](=O)[O-])C[C@H](C)O1. The van der Waals surface area contributed by atoms with Gasteiger partial charge < -0.3 is 25.4 Å². The second kappa shape index (κ2) is 7.36. The first kappa shape index (κ1) is 17.6. The lowest BCUT2D eigenvalue weighted by atomic mass is 10.2. The van der Waals surface area contributed by atoms with Gasteiger partial charge in [0.1, 0.15) is 0 Å². The molecule has 10 heteroatoms. The van der Waals surface area contributed by atoms with Gasteiger partial charge in [-0.05, 0) is 26.7 Å². The third kappa shape index (κ3) is 4.07. The van der Waals surface area contributed by atoms with E-state index in [0.29, 0.717) is 19.6 Å². The summed E-state index contributed by atoms with van der Waals surface area (Å²) in [6.45, 7) is 6.17. The van der Waals surface area contributed by atoms with Gasteiger partial charge >= 0.3 is 5.69 Å². The Morgan fingerprint density at radius 3 is 2.68 bits per heavy atom. The second-order valence-electron chi connectivity index (χ2n) is 6.54. The molecule has 3 heterocycles. The molecule has 2 aliphatic heterocycles. The average molecular weight is 352 g/mol. The van der Waals surface area contributed by atoms with Crippen molar-refractivity contribution in [3.63, 3.8) is 0 Å². The number of nitrogen functional groups attached to an aromatic ring is 1. The van der Waals surface area contributed by atoms with E-state index < -0.39 is 4.92 Å². The summed E-state index contributed by atoms with van der Waals surface area (Å²) < 4.78 is 11.3. The third-order valence-corrected chi connectivity index (χ3v) is 4.31. The highest BCUT2D eigenvalue weighted by Gasteiger charge is 2.32. The molecule has 0 aliphatic carbocycles. The van der Waals surface area contributed by atoms with E-state index in [4.69, 9.17) is 15.2 Å². The fourth-order valence-corrected chi connectivity index (χ4v) is 3.30. The van der Waals surface area contributed by atoms with Crippen LogP contribution in [-0.4, -0.2) is 59.4 Å².